The van der Waals surface area contributed by atoms with Crippen molar-refractivity contribution in [2.75, 3.05) is 13.2 Å². The van der Waals surface area contributed by atoms with Crippen molar-refractivity contribution in [3.63, 3.8) is 0 Å². The van der Waals surface area contributed by atoms with Gasteiger partial charge in [-0.25, -0.2) is 0 Å². The molecule has 1 N–H and O–H groups in total. The number of nitrogens with one attached hydrogen (secondary N) is 1. The summed E-state index contributed by atoms with van der Waals surface area (Å²) in [5, 5.41) is 5.52. The lowest BCUT2D eigenvalue weighted by molar-refractivity contribution is -0.253. The molecule has 5 heteroatoms. The van der Waals surface area contributed by atoms with Crippen LogP contribution in [0.1, 0.15) is 18.7 Å². The van der Waals surface area contributed by atoms with E-state index in [1.54, 1.807) is 11.3 Å². The van der Waals surface area contributed by atoms with Crippen molar-refractivity contribution < 1.29 is 9.47 Å². The van der Waals surface area contributed by atoms with Crippen molar-refractivity contribution in [1.82, 2.24) is 5.32 Å². The number of halogens is 1. The molecule has 90 valence electrons. The summed E-state index contributed by atoms with van der Waals surface area (Å²) in [4.78, 5) is 1.32. The van der Waals surface area contributed by atoms with E-state index in [4.69, 9.17) is 9.47 Å². The highest BCUT2D eigenvalue weighted by molar-refractivity contribution is 9.10. The maximum atomic E-state index is 5.58. The Morgan fingerprint density at radius 1 is 1.50 bits per heavy atom. The third kappa shape index (κ3) is 3.53. The van der Waals surface area contributed by atoms with Gasteiger partial charge in [0.2, 0.25) is 0 Å². The van der Waals surface area contributed by atoms with Crippen LogP contribution in [0.3, 0.4) is 0 Å². The summed E-state index contributed by atoms with van der Waals surface area (Å²) >= 11 is 5.19. The molecule has 1 aromatic rings. The summed E-state index contributed by atoms with van der Waals surface area (Å²) in [6.07, 6.45) is 0. The number of hydrogen-bond acceptors (Lipinski definition) is 4. The van der Waals surface area contributed by atoms with Crippen LogP contribution in [0.15, 0.2) is 15.9 Å². The lowest BCUT2D eigenvalue weighted by atomic mass is 10.2. The van der Waals surface area contributed by atoms with Crippen molar-refractivity contribution in [3.05, 3.63) is 20.8 Å². The van der Waals surface area contributed by atoms with E-state index in [0.717, 1.165) is 11.0 Å². The van der Waals surface area contributed by atoms with E-state index in [0.29, 0.717) is 13.2 Å². The Labute approximate surface area is 108 Å². The highest BCUT2D eigenvalue weighted by Gasteiger charge is 2.27. The largest absolute Gasteiger partial charge is 0.349 e. The van der Waals surface area contributed by atoms with Crippen molar-refractivity contribution in [2.24, 2.45) is 0 Å². The van der Waals surface area contributed by atoms with E-state index in [1.165, 1.54) is 4.88 Å². The first-order chi connectivity index (χ1) is 7.55. The second-order valence-corrected chi connectivity index (χ2v) is 6.24. The zero-order chi connectivity index (χ0) is 11.6. The second kappa shape index (κ2) is 5.14. The SMILES string of the molecule is CC1(C)OCC(NCc2cc(Br)cs2)CO1. The average molecular weight is 306 g/mol. The number of thiophene rings is 1. The highest BCUT2D eigenvalue weighted by atomic mass is 79.9. The van der Waals surface area contributed by atoms with Crippen LogP contribution in [-0.2, 0) is 16.0 Å². The van der Waals surface area contributed by atoms with Gasteiger partial charge in [-0.15, -0.1) is 11.3 Å². The van der Waals surface area contributed by atoms with Crippen LogP contribution in [0.4, 0.5) is 0 Å². The van der Waals surface area contributed by atoms with Gasteiger partial charge >= 0.3 is 0 Å². The first-order valence-corrected chi connectivity index (χ1v) is 6.97. The lowest BCUT2D eigenvalue weighted by Gasteiger charge is -2.35. The second-order valence-electron chi connectivity index (χ2n) is 4.33. The normalized spacial score (nSPS) is 21.2. The minimum atomic E-state index is -0.426. The molecule has 2 rings (SSSR count). The third-order valence-corrected chi connectivity index (χ3v) is 4.15. The van der Waals surface area contributed by atoms with Gasteiger partial charge < -0.3 is 14.8 Å². The molecule has 0 aromatic carbocycles. The Morgan fingerprint density at radius 3 is 2.75 bits per heavy atom. The number of hydrogen-bond donors (Lipinski definition) is 1. The molecule has 1 aliphatic heterocycles. The molecule has 1 saturated heterocycles. The predicted octanol–water partition coefficient (Wildman–Crippen LogP) is 2.75. The lowest BCUT2D eigenvalue weighted by Crippen LogP contribution is -2.48. The van der Waals surface area contributed by atoms with Crippen molar-refractivity contribution in [2.45, 2.75) is 32.2 Å². The summed E-state index contributed by atoms with van der Waals surface area (Å²) in [5.41, 5.74) is 0. The van der Waals surface area contributed by atoms with Gasteiger partial charge in [-0.3, -0.25) is 0 Å². The Bertz CT molecular complexity index is 344. The molecule has 0 amide bonds. The standard InChI is InChI=1S/C11H16BrNO2S/c1-11(2)14-5-9(6-15-11)13-4-10-3-8(12)7-16-10/h3,7,9,13H,4-6H2,1-2H3. The van der Waals surface area contributed by atoms with Gasteiger partial charge in [0.15, 0.2) is 5.79 Å². The molecular weight excluding hydrogens is 290 g/mol. The molecule has 16 heavy (non-hydrogen) atoms. The molecule has 0 spiro atoms. The molecule has 0 atom stereocenters. The predicted molar refractivity (Wildman–Crippen MR) is 68.6 cm³/mol. The summed E-state index contributed by atoms with van der Waals surface area (Å²) in [6.45, 7) is 6.17. The van der Waals surface area contributed by atoms with E-state index < -0.39 is 5.79 Å². The maximum Gasteiger partial charge on any atom is 0.162 e. The van der Waals surface area contributed by atoms with Crippen molar-refractivity contribution in [3.8, 4) is 0 Å². The van der Waals surface area contributed by atoms with Gasteiger partial charge in [0.05, 0.1) is 19.3 Å². The number of ether oxygens (including phenoxy) is 2. The fourth-order valence-electron chi connectivity index (χ4n) is 1.50. The molecule has 1 aromatic heterocycles. The number of rotatable bonds is 3. The van der Waals surface area contributed by atoms with E-state index in [9.17, 15) is 0 Å². The molecule has 0 aliphatic carbocycles. The monoisotopic (exact) mass is 305 g/mol. The summed E-state index contributed by atoms with van der Waals surface area (Å²) in [7, 11) is 0. The van der Waals surface area contributed by atoms with Gasteiger partial charge in [-0.2, -0.15) is 0 Å². The average Bonchev–Trinajstić information content (AvgIpc) is 2.63. The molecule has 0 radical (unpaired) electrons. The Kier molecular flexibility index (Phi) is 4.02. The van der Waals surface area contributed by atoms with Gasteiger partial charge in [0.1, 0.15) is 0 Å². The van der Waals surface area contributed by atoms with Gasteiger partial charge in [-0.05, 0) is 35.8 Å². The first kappa shape index (κ1) is 12.5. The van der Waals surface area contributed by atoms with Crippen LogP contribution >= 0.6 is 27.3 Å². The van der Waals surface area contributed by atoms with Crippen LogP contribution < -0.4 is 5.32 Å². The van der Waals surface area contributed by atoms with Crippen LogP contribution in [-0.4, -0.2) is 25.0 Å². The van der Waals surface area contributed by atoms with E-state index in [-0.39, 0.29) is 6.04 Å². The molecule has 1 aliphatic rings. The van der Waals surface area contributed by atoms with Crippen LogP contribution in [0.25, 0.3) is 0 Å². The van der Waals surface area contributed by atoms with E-state index in [1.807, 2.05) is 13.8 Å². The minimum Gasteiger partial charge on any atom is -0.349 e. The minimum absolute atomic E-state index is 0.286. The smallest absolute Gasteiger partial charge is 0.162 e. The summed E-state index contributed by atoms with van der Waals surface area (Å²) < 4.78 is 12.3. The fraction of sp³-hybridized carbons (Fsp3) is 0.636. The molecule has 2 heterocycles. The zero-order valence-corrected chi connectivity index (χ0v) is 11.9. The highest BCUT2D eigenvalue weighted by Crippen LogP contribution is 2.20. The Hall–Kier alpha value is 0.0600. The molecule has 0 unspecified atom stereocenters. The molecule has 3 nitrogen and oxygen atoms in total. The molecule has 1 fully saturated rings. The summed E-state index contributed by atoms with van der Waals surface area (Å²) in [6, 6.07) is 2.42. The van der Waals surface area contributed by atoms with Gasteiger partial charge in [0, 0.05) is 21.3 Å². The van der Waals surface area contributed by atoms with Crippen molar-refractivity contribution in [1.29, 1.82) is 0 Å². The summed E-state index contributed by atoms with van der Waals surface area (Å²) in [5.74, 6) is -0.426. The van der Waals surface area contributed by atoms with Crippen LogP contribution in [0, 0.1) is 0 Å². The van der Waals surface area contributed by atoms with Crippen LogP contribution in [0.2, 0.25) is 0 Å². The zero-order valence-electron chi connectivity index (χ0n) is 9.46. The molecule has 0 saturated carbocycles. The van der Waals surface area contributed by atoms with Crippen molar-refractivity contribution >= 4 is 27.3 Å². The van der Waals surface area contributed by atoms with Gasteiger partial charge in [-0.1, -0.05) is 0 Å². The first-order valence-electron chi connectivity index (χ1n) is 5.29. The molecule has 0 bridgehead atoms. The van der Waals surface area contributed by atoms with E-state index in [2.05, 4.69) is 32.7 Å². The maximum absolute atomic E-state index is 5.58. The van der Waals surface area contributed by atoms with Crippen LogP contribution in [0.5, 0.6) is 0 Å². The third-order valence-electron chi connectivity index (χ3n) is 2.45. The van der Waals surface area contributed by atoms with E-state index >= 15 is 0 Å². The topological polar surface area (TPSA) is 30.5 Å². The fourth-order valence-corrected chi connectivity index (χ4v) is 2.90. The molecular formula is C11H16BrNO2S. The Morgan fingerprint density at radius 2 is 2.19 bits per heavy atom. The quantitative estimate of drug-likeness (QED) is 0.931. The van der Waals surface area contributed by atoms with Gasteiger partial charge in [0.25, 0.3) is 0 Å². The Balaban J connectivity index is 1.75.